The largest absolute Gasteiger partial charge is 0.573 e. The minimum absolute atomic E-state index is 0.00513. The Morgan fingerprint density at radius 3 is 2.69 bits per heavy atom. The van der Waals surface area contributed by atoms with Crippen LogP contribution in [0.2, 0.25) is 0 Å². The predicted molar refractivity (Wildman–Crippen MR) is 116 cm³/mol. The summed E-state index contributed by atoms with van der Waals surface area (Å²) < 4.78 is 47.9. The van der Waals surface area contributed by atoms with Crippen molar-refractivity contribution in [2.45, 2.75) is 25.2 Å². The van der Waals surface area contributed by atoms with Crippen LogP contribution in [0.4, 0.5) is 13.2 Å². The predicted octanol–water partition coefficient (Wildman–Crippen LogP) is 4.06. The van der Waals surface area contributed by atoms with E-state index < -0.39 is 24.1 Å². The van der Waals surface area contributed by atoms with E-state index in [1.54, 1.807) is 12.1 Å². The third kappa shape index (κ3) is 4.48. The molecule has 0 bridgehead atoms. The molecule has 0 N–H and O–H groups in total. The Bertz CT molecular complexity index is 1440. The molecule has 182 valence electrons. The van der Waals surface area contributed by atoms with E-state index in [4.69, 9.17) is 4.52 Å². The number of hydrogen-bond donors (Lipinski definition) is 0. The molecule has 1 saturated heterocycles. The van der Waals surface area contributed by atoms with E-state index in [0.717, 1.165) is 6.07 Å². The summed E-state index contributed by atoms with van der Waals surface area (Å²) >= 11 is 0. The van der Waals surface area contributed by atoms with Gasteiger partial charge in [-0.3, -0.25) is 4.79 Å². The van der Waals surface area contributed by atoms with Crippen molar-refractivity contribution in [3.63, 3.8) is 0 Å². The number of hydrogen-bond acceptors (Lipinski definition) is 8. The molecule has 1 aliphatic rings. The first-order valence-electron chi connectivity index (χ1n) is 10.7. The number of amides is 1. The van der Waals surface area contributed by atoms with Crippen LogP contribution in [0.5, 0.6) is 5.75 Å². The topological polar surface area (TPSA) is 123 Å². The molecular weight excluding hydrogens is 479 g/mol. The zero-order valence-electron chi connectivity index (χ0n) is 18.4. The van der Waals surface area contributed by atoms with Gasteiger partial charge >= 0.3 is 6.36 Å². The van der Waals surface area contributed by atoms with Crippen LogP contribution in [0.1, 0.15) is 40.7 Å². The van der Waals surface area contributed by atoms with E-state index in [9.17, 15) is 23.2 Å². The van der Waals surface area contributed by atoms with Crippen LogP contribution >= 0.6 is 0 Å². The second kappa shape index (κ2) is 9.14. The Morgan fingerprint density at radius 2 is 1.94 bits per heavy atom. The highest BCUT2D eigenvalue weighted by molar-refractivity contribution is 5.98. The zero-order chi connectivity index (χ0) is 25.3. The fourth-order valence-electron chi connectivity index (χ4n) is 4.06. The molecule has 5 rings (SSSR count). The smallest absolute Gasteiger partial charge is 0.405 e. The van der Waals surface area contributed by atoms with Crippen molar-refractivity contribution in [1.29, 1.82) is 5.26 Å². The molecule has 0 radical (unpaired) electrons. The summed E-state index contributed by atoms with van der Waals surface area (Å²) in [6.07, 6.45) is -0.830. The van der Waals surface area contributed by atoms with Crippen LogP contribution in [-0.4, -0.2) is 48.8 Å². The summed E-state index contributed by atoms with van der Waals surface area (Å²) in [5.74, 6) is -0.895. The van der Waals surface area contributed by atoms with Gasteiger partial charge in [-0.2, -0.15) is 25.2 Å². The normalized spacial score (nSPS) is 15.6. The maximum absolute atomic E-state index is 13.6. The van der Waals surface area contributed by atoms with E-state index >= 15 is 0 Å². The molecule has 13 heteroatoms. The van der Waals surface area contributed by atoms with Crippen molar-refractivity contribution in [3.05, 3.63) is 71.9 Å². The number of carbonyl (C=O) groups is 1. The van der Waals surface area contributed by atoms with Gasteiger partial charge in [0, 0.05) is 6.54 Å². The van der Waals surface area contributed by atoms with Gasteiger partial charge in [0.1, 0.15) is 11.8 Å². The van der Waals surface area contributed by atoms with Gasteiger partial charge in [-0.25, -0.2) is 0 Å². The molecule has 0 saturated carbocycles. The van der Waals surface area contributed by atoms with Crippen molar-refractivity contribution >= 4 is 5.91 Å². The highest BCUT2D eigenvalue weighted by Gasteiger charge is 2.37. The number of ether oxygens (including phenoxy) is 1. The second-order valence-electron chi connectivity index (χ2n) is 7.82. The monoisotopic (exact) mass is 495 g/mol. The maximum Gasteiger partial charge on any atom is 0.573 e. The molecule has 10 nitrogen and oxygen atoms in total. The third-order valence-electron chi connectivity index (χ3n) is 5.58. The van der Waals surface area contributed by atoms with Gasteiger partial charge in [0.25, 0.3) is 5.91 Å². The molecule has 1 amide bonds. The molecule has 2 aromatic carbocycles. The third-order valence-corrected chi connectivity index (χ3v) is 5.58. The van der Waals surface area contributed by atoms with Crippen LogP contribution in [-0.2, 0) is 0 Å². The number of para-hydroxylation sites is 1. The average molecular weight is 495 g/mol. The molecule has 1 aliphatic heterocycles. The molecule has 1 atom stereocenters. The molecule has 1 fully saturated rings. The van der Waals surface area contributed by atoms with Gasteiger partial charge < -0.3 is 14.2 Å². The molecule has 36 heavy (non-hydrogen) atoms. The summed E-state index contributed by atoms with van der Waals surface area (Å²) in [5.41, 5.74) is 0.876. The number of alkyl halides is 3. The summed E-state index contributed by atoms with van der Waals surface area (Å²) in [6, 6.07) is 11.4. The van der Waals surface area contributed by atoms with Gasteiger partial charge in [0.05, 0.1) is 40.8 Å². The van der Waals surface area contributed by atoms with E-state index in [1.807, 2.05) is 6.07 Å². The Balaban J connectivity index is 1.47. The Morgan fingerprint density at radius 1 is 1.17 bits per heavy atom. The molecule has 0 spiro atoms. The van der Waals surface area contributed by atoms with Gasteiger partial charge in [-0.05, 0) is 43.2 Å². The van der Waals surface area contributed by atoms with Crippen molar-refractivity contribution in [2.24, 2.45) is 0 Å². The average Bonchev–Trinajstić information content (AvgIpc) is 3.64. The first kappa shape index (κ1) is 23.0. The zero-order valence-corrected chi connectivity index (χ0v) is 18.4. The maximum atomic E-state index is 13.6. The van der Waals surface area contributed by atoms with E-state index in [-0.39, 0.29) is 28.4 Å². The minimum Gasteiger partial charge on any atom is -0.405 e. The Hall–Kier alpha value is -4.73. The Kier molecular flexibility index (Phi) is 5.85. The summed E-state index contributed by atoms with van der Waals surface area (Å²) in [6.45, 7) is 0.373. The van der Waals surface area contributed by atoms with Crippen LogP contribution in [0.15, 0.2) is 59.4 Å². The number of aromatic nitrogens is 5. The number of halogens is 3. The lowest BCUT2D eigenvalue weighted by Gasteiger charge is -2.23. The van der Waals surface area contributed by atoms with Crippen LogP contribution < -0.4 is 4.74 Å². The van der Waals surface area contributed by atoms with E-state index in [0.29, 0.717) is 25.1 Å². The number of likely N-dealkylation sites (tertiary alicyclic amines) is 1. The summed E-state index contributed by atoms with van der Waals surface area (Å²) in [5, 5.41) is 21.3. The first-order chi connectivity index (χ1) is 17.3. The molecule has 2 aromatic heterocycles. The number of benzene rings is 2. The van der Waals surface area contributed by atoms with Crippen molar-refractivity contribution in [1.82, 2.24) is 30.0 Å². The van der Waals surface area contributed by atoms with Crippen LogP contribution in [0, 0.1) is 11.3 Å². The number of nitriles is 1. The van der Waals surface area contributed by atoms with Crippen molar-refractivity contribution in [2.75, 3.05) is 6.54 Å². The fraction of sp³-hybridized carbons (Fsp3) is 0.217. The lowest BCUT2D eigenvalue weighted by Crippen LogP contribution is -2.31. The summed E-state index contributed by atoms with van der Waals surface area (Å²) in [4.78, 5) is 20.7. The number of rotatable bonds is 5. The lowest BCUT2D eigenvalue weighted by atomic mass is 10.1. The fourth-order valence-corrected chi connectivity index (χ4v) is 4.06. The lowest BCUT2D eigenvalue weighted by molar-refractivity contribution is -0.274. The summed E-state index contributed by atoms with van der Waals surface area (Å²) in [7, 11) is 0. The minimum atomic E-state index is -4.89. The van der Waals surface area contributed by atoms with E-state index in [1.165, 1.54) is 46.4 Å². The van der Waals surface area contributed by atoms with Crippen LogP contribution in [0.25, 0.3) is 17.1 Å². The molecule has 4 aromatic rings. The van der Waals surface area contributed by atoms with Gasteiger partial charge in [0.15, 0.2) is 0 Å². The number of carbonyl (C=O) groups excluding carboxylic acids is 1. The SMILES string of the molecule is N#Cc1ccc(-n2nccn2)c(C(=O)N2CCCC2c2nc(-c3ccccc3OC(F)(F)F)no2)c1. The molecule has 0 aliphatic carbocycles. The van der Waals surface area contributed by atoms with Gasteiger partial charge in [-0.15, -0.1) is 13.2 Å². The van der Waals surface area contributed by atoms with E-state index in [2.05, 4.69) is 25.1 Å². The van der Waals surface area contributed by atoms with Crippen molar-refractivity contribution < 1.29 is 27.2 Å². The second-order valence-corrected chi connectivity index (χ2v) is 7.82. The quantitative estimate of drug-likeness (QED) is 0.406. The highest BCUT2D eigenvalue weighted by Crippen LogP contribution is 2.36. The Labute approximate surface area is 201 Å². The standard InChI is InChI=1S/C23H16F3N7O3/c24-23(25,26)35-19-6-2-1-4-15(19)20-30-21(36-31-20)18-5-3-11-32(18)22(34)16-12-14(13-27)7-8-17(16)33-28-9-10-29-33/h1-2,4,6-10,12,18H,3,5,11H2. The molecular formula is C23H16F3N7O3. The van der Waals surface area contributed by atoms with Gasteiger partial charge in [0.2, 0.25) is 11.7 Å². The molecule has 3 heterocycles. The molecule has 1 unspecified atom stereocenters. The van der Waals surface area contributed by atoms with Gasteiger partial charge in [-0.1, -0.05) is 17.3 Å². The highest BCUT2D eigenvalue weighted by atomic mass is 19.4. The number of nitrogens with zero attached hydrogens (tertiary/aromatic N) is 7. The van der Waals surface area contributed by atoms with Crippen molar-refractivity contribution in [3.8, 4) is 28.9 Å². The first-order valence-corrected chi connectivity index (χ1v) is 10.7. The van der Waals surface area contributed by atoms with Crippen LogP contribution in [0.3, 0.4) is 0 Å².